The van der Waals surface area contributed by atoms with E-state index in [0.717, 1.165) is 5.56 Å². The van der Waals surface area contributed by atoms with Crippen LogP contribution in [0.3, 0.4) is 0 Å². The molecule has 1 rings (SSSR count). The lowest BCUT2D eigenvalue weighted by Gasteiger charge is -2.19. The molecule has 116 valence electrons. The van der Waals surface area contributed by atoms with Crippen LogP contribution in [0.15, 0.2) is 30.3 Å². The van der Waals surface area contributed by atoms with Gasteiger partial charge in [0.15, 0.2) is 0 Å². The predicted molar refractivity (Wildman–Crippen MR) is 80.2 cm³/mol. The van der Waals surface area contributed by atoms with Crippen LogP contribution in [0.2, 0.25) is 0 Å². The summed E-state index contributed by atoms with van der Waals surface area (Å²) in [6.45, 7) is 4.14. The highest BCUT2D eigenvalue weighted by atomic mass is 16.5. The summed E-state index contributed by atoms with van der Waals surface area (Å²) in [6.07, 6.45) is -0.0655. The maximum atomic E-state index is 11.8. The van der Waals surface area contributed by atoms with Crippen molar-refractivity contribution in [3.05, 3.63) is 35.9 Å². The zero-order valence-corrected chi connectivity index (χ0v) is 12.7. The summed E-state index contributed by atoms with van der Waals surface area (Å²) in [4.78, 5) is 23.6. The first-order valence-electron chi connectivity index (χ1n) is 6.96. The van der Waals surface area contributed by atoms with E-state index in [2.05, 4.69) is 16.2 Å². The summed E-state index contributed by atoms with van der Waals surface area (Å²) >= 11 is 0. The number of hydrazine groups is 1. The van der Waals surface area contributed by atoms with Crippen molar-refractivity contribution in [1.29, 1.82) is 0 Å². The average molecular weight is 293 g/mol. The van der Waals surface area contributed by atoms with E-state index in [9.17, 15) is 9.59 Å². The minimum absolute atomic E-state index is 0.175. The summed E-state index contributed by atoms with van der Waals surface area (Å²) in [7, 11) is 1.60. The molecule has 0 fully saturated rings. The Kier molecular flexibility index (Phi) is 7.25. The second kappa shape index (κ2) is 8.97. The van der Waals surface area contributed by atoms with Crippen molar-refractivity contribution in [3.63, 3.8) is 0 Å². The third-order valence-corrected chi connectivity index (χ3v) is 2.78. The molecule has 0 saturated heterocycles. The molecule has 0 bridgehead atoms. The predicted octanol–water partition coefficient (Wildman–Crippen LogP) is 1.58. The summed E-state index contributed by atoms with van der Waals surface area (Å²) in [5.41, 5.74) is 5.93. The lowest BCUT2D eigenvalue weighted by atomic mass is 10.0. The summed E-state index contributed by atoms with van der Waals surface area (Å²) in [5.74, 6) is -0.0186. The molecule has 0 heterocycles. The van der Waals surface area contributed by atoms with Crippen LogP contribution in [-0.2, 0) is 16.1 Å². The summed E-state index contributed by atoms with van der Waals surface area (Å²) in [5, 5.41) is 2.59. The fourth-order valence-electron chi connectivity index (χ4n) is 1.82. The lowest BCUT2D eigenvalue weighted by Crippen LogP contribution is -2.50. The number of hydrogen-bond donors (Lipinski definition) is 3. The van der Waals surface area contributed by atoms with Crippen molar-refractivity contribution in [2.24, 2.45) is 5.92 Å². The van der Waals surface area contributed by atoms with Crippen molar-refractivity contribution in [3.8, 4) is 0 Å². The first-order chi connectivity index (χ1) is 10.0. The van der Waals surface area contributed by atoms with Gasteiger partial charge >= 0.3 is 6.09 Å². The number of carbonyl (C=O) groups is 2. The number of carbonyl (C=O) groups excluding carboxylic acids is 2. The first-order valence-corrected chi connectivity index (χ1v) is 6.96. The highest BCUT2D eigenvalue weighted by molar-refractivity contribution is 5.85. The zero-order valence-electron chi connectivity index (χ0n) is 12.7. The Morgan fingerprint density at radius 3 is 2.43 bits per heavy atom. The fraction of sp³-hybridized carbons (Fsp3) is 0.467. The van der Waals surface area contributed by atoms with Crippen LogP contribution in [0.5, 0.6) is 0 Å². The summed E-state index contributed by atoms with van der Waals surface area (Å²) < 4.78 is 5.12. The van der Waals surface area contributed by atoms with Crippen LogP contribution in [0.4, 0.5) is 4.79 Å². The van der Waals surface area contributed by atoms with Gasteiger partial charge in [0.1, 0.15) is 12.6 Å². The van der Waals surface area contributed by atoms with Gasteiger partial charge in [0.25, 0.3) is 5.91 Å². The van der Waals surface area contributed by atoms with Crippen LogP contribution in [0, 0.1) is 5.92 Å². The van der Waals surface area contributed by atoms with Gasteiger partial charge in [0.2, 0.25) is 0 Å². The van der Waals surface area contributed by atoms with Gasteiger partial charge in [-0.2, -0.15) is 0 Å². The number of ether oxygens (including phenoxy) is 1. The highest BCUT2D eigenvalue weighted by Crippen LogP contribution is 2.06. The molecular formula is C15H23N3O3. The molecule has 0 spiro atoms. The van der Waals surface area contributed by atoms with E-state index in [4.69, 9.17) is 4.74 Å². The smallest absolute Gasteiger partial charge is 0.408 e. The number of nitrogens with one attached hydrogen (secondary N) is 3. The van der Waals surface area contributed by atoms with E-state index in [-0.39, 0.29) is 18.4 Å². The Balaban J connectivity index is 2.49. The molecule has 0 aliphatic carbocycles. The highest BCUT2D eigenvalue weighted by Gasteiger charge is 2.22. The van der Waals surface area contributed by atoms with Gasteiger partial charge in [0.05, 0.1) is 0 Å². The number of alkyl carbamates (subject to hydrolysis) is 1. The molecule has 6 heteroatoms. The van der Waals surface area contributed by atoms with Gasteiger partial charge in [-0.25, -0.2) is 10.2 Å². The van der Waals surface area contributed by atoms with E-state index in [1.54, 1.807) is 7.05 Å². The average Bonchev–Trinajstić information content (AvgIpc) is 2.45. The number of hydrogen-bond acceptors (Lipinski definition) is 4. The van der Waals surface area contributed by atoms with Crippen LogP contribution >= 0.6 is 0 Å². The van der Waals surface area contributed by atoms with E-state index in [1.165, 1.54) is 0 Å². The Hall–Kier alpha value is -2.08. The molecule has 0 saturated carbocycles. The molecule has 6 nitrogen and oxygen atoms in total. The Morgan fingerprint density at radius 2 is 1.86 bits per heavy atom. The first kappa shape index (κ1) is 17.0. The second-order valence-electron chi connectivity index (χ2n) is 5.13. The topological polar surface area (TPSA) is 79.5 Å². The third-order valence-electron chi connectivity index (χ3n) is 2.78. The molecule has 0 radical (unpaired) electrons. The molecule has 1 atom stereocenters. The molecule has 3 N–H and O–H groups in total. The van der Waals surface area contributed by atoms with Crippen molar-refractivity contribution in [1.82, 2.24) is 16.2 Å². The molecule has 1 aromatic rings. The normalized spacial score (nSPS) is 11.8. The Bertz CT molecular complexity index is 449. The fourth-order valence-corrected chi connectivity index (χ4v) is 1.82. The SMILES string of the molecule is CNNC(=O)[C@H](CC(C)C)NC(=O)OCc1ccccc1. The standard InChI is InChI=1S/C15H23N3O3/c1-11(2)9-13(14(19)18-16-3)17-15(20)21-10-12-7-5-4-6-8-12/h4-8,11,13,16H,9-10H2,1-3H3,(H,17,20)(H,18,19)/t13-/m0/s1. The van der Waals surface area contributed by atoms with E-state index in [1.807, 2.05) is 44.2 Å². The van der Waals surface area contributed by atoms with Crippen LogP contribution in [-0.4, -0.2) is 25.1 Å². The largest absolute Gasteiger partial charge is 0.445 e. The van der Waals surface area contributed by atoms with E-state index < -0.39 is 12.1 Å². The van der Waals surface area contributed by atoms with E-state index in [0.29, 0.717) is 6.42 Å². The Labute approximate surface area is 125 Å². The molecule has 1 aromatic carbocycles. The lowest BCUT2D eigenvalue weighted by molar-refractivity contribution is -0.124. The molecule has 0 unspecified atom stereocenters. The third kappa shape index (κ3) is 6.76. The van der Waals surface area contributed by atoms with Crippen molar-refractivity contribution in [2.45, 2.75) is 32.9 Å². The van der Waals surface area contributed by atoms with Crippen LogP contribution < -0.4 is 16.2 Å². The van der Waals surface area contributed by atoms with Gasteiger partial charge in [-0.1, -0.05) is 44.2 Å². The quantitative estimate of drug-likeness (QED) is 0.667. The monoisotopic (exact) mass is 293 g/mol. The number of rotatable bonds is 7. The number of benzene rings is 1. The van der Waals surface area contributed by atoms with Crippen molar-refractivity contribution >= 4 is 12.0 Å². The van der Waals surface area contributed by atoms with Crippen LogP contribution in [0.25, 0.3) is 0 Å². The minimum atomic E-state index is -0.624. The van der Waals surface area contributed by atoms with E-state index >= 15 is 0 Å². The number of amides is 2. The van der Waals surface area contributed by atoms with Crippen molar-refractivity contribution in [2.75, 3.05) is 7.05 Å². The van der Waals surface area contributed by atoms with Gasteiger partial charge < -0.3 is 10.1 Å². The molecule has 2 amide bonds. The van der Waals surface area contributed by atoms with Gasteiger partial charge in [-0.05, 0) is 17.9 Å². The molecule has 0 aliphatic heterocycles. The second-order valence-corrected chi connectivity index (χ2v) is 5.13. The molecule has 0 aromatic heterocycles. The maximum Gasteiger partial charge on any atom is 0.408 e. The molecular weight excluding hydrogens is 270 g/mol. The Morgan fingerprint density at radius 1 is 1.19 bits per heavy atom. The summed E-state index contributed by atoms with van der Waals surface area (Å²) in [6, 6.07) is 8.75. The van der Waals surface area contributed by atoms with Crippen molar-refractivity contribution < 1.29 is 14.3 Å². The van der Waals surface area contributed by atoms with Gasteiger partial charge in [0, 0.05) is 7.05 Å². The van der Waals surface area contributed by atoms with Crippen LogP contribution in [0.1, 0.15) is 25.8 Å². The molecule has 21 heavy (non-hydrogen) atoms. The van der Waals surface area contributed by atoms with Gasteiger partial charge in [-0.15, -0.1) is 0 Å². The zero-order chi connectivity index (χ0) is 15.7. The molecule has 0 aliphatic rings. The minimum Gasteiger partial charge on any atom is -0.445 e. The van der Waals surface area contributed by atoms with Gasteiger partial charge in [-0.3, -0.25) is 10.2 Å². The maximum absolute atomic E-state index is 11.8.